The molecule has 0 aliphatic heterocycles. The second-order valence-electron chi connectivity index (χ2n) is 7.71. The molecular weight excluding hydrogens is 352 g/mol. The molecule has 3 aromatic rings. The Hall–Kier alpha value is -2.86. The highest BCUT2D eigenvalue weighted by Gasteiger charge is 2.23. The second-order valence-corrected chi connectivity index (χ2v) is 7.71. The van der Waals surface area contributed by atoms with Gasteiger partial charge in [0, 0.05) is 30.3 Å². The average Bonchev–Trinajstić information content (AvgIpc) is 3.22. The van der Waals surface area contributed by atoms with Gasteiger partial charge in [-0.2, -0.15) is 5.10 Å². The maximum atomic E-state index is 5.59. The number of nitrogens with zero attached hydrogens (tertiary/aromatic N) is 4. The van der Waals surface area contributed by atoms with Crippen LogP contribution in [0.2, 0.25) is 0 Å². The van der Waals surface area contributed by atoms with Crippen LogP contribution in [0.15, 0.2) is 55.1 Å². The molecule has 0 radical (unpaired) electrons. The molecule has 0 saturated carbocycles. The van der Waals surface area contributed by atoms with Crippen molar-refractivity contribution in [2.75, 3.05) is 14.2 Å². The van der Waals surface area contributed by atoms with Crippen molar-refractivity contribution >= 4 is 0 Å². The van der Waals surface area contributed by atoms with E-state index in [0.717, 1.165) is 35.8 Å². The van der Waals surface area contributed by atoms with Gasteiger partial charge in [0.05, 0.1) is 19.9 Å². The van der Waals surface area contributed by atoms with Crippen LogP contribution in [0.4, 0.5) is 0 Å². The summed E-state index contributed by atoms with van der Waals surface area (Å²) in [5.41, 5.74) is 3.37. The van der Waals surface area contributed by atoms with Crippen molar-refractivity contribution in [3.63, 3.8) is 0 Å². The lowest BCUT2D eigenvalue weighted by molar-refractivity contribution is 0.117. The molecule has 0 atom stereocenters. The van der Waals surface area contributed by atoms with Gasteiger partial charge in [-0.25, -0.2) is 9.67 Å². The molecule has 0 N–H and O–H groups in total. The van der Waals surface area contributed by atoms with Crippen molar-refractivity contribution in [3.8, 4) is 17.2 Å². The van der Waals surface area contributed by atoms with Crippen LogP contribution in [-0.2, 0) is 13.1 Å². The van der Waals surface area contributed by atoms with Crippen LogP contribution in [-0.4, -0.2) is 39.4 Å². The van der Waals surface area contributed by atoms with E-state index in [9.17, 15) is 0 Å². The van der Waals surface area contributed by atoms with E-state index in [1.807, 2.05) is 12.1 Å². The van der Waals surface area contributed by atoms with E-state index in [0.29, 0.717) is 0 Å². The molecule has 0 unspecified atom stereocenters. The predicted octanol–water partition coefficient (Wildman–Crippen LogP) is 4.09. The SMILES string of the molecule is COc1ccc(CN(Cc2ccc(-n3cncn3)cc2)C(C)(C)C)c(OC)c1. The largest absolute Gasteiger partial charge is 0.497 e. The lowest BCUT2D eigenvalue weighted by Crippen LogP contribution is -2.40. The zero-order chi connectivity index (χ0) is 20.1. The third-order valence-electron chi connectivity index (χ3n) is 4.80. The summed E-state index contributed by atoms with van der Waals surface area (Å²) < 4.78 is 12.7. The van der Waals surface area contributed by atoms with Crippen LogP contribution in [0, 0.1) is 0 Å². The fourth-order valence-corrected chi connectivity index (χ4v) is 3.03. The van der Waals surface area contributed by atoms with Gasteiger partial charge in [-0.3, -0.25) is 4.90 Å². The molecule has 1 aromatic heterocycles. The maximum absolute atomic E-state index is 5.59. The second kappa shape index (κ2) is 8.44. The van der Waals surface area contributed by atoms with E-state index in [1.165, 1.54) is 11.9 Å². The average molecular weight is 380 g/mol. The van der Waals surface area contributed by atoms with Gasteiger partial charge >= 0.3 is 0 Å². The molecule has 1 heterocycles. The number of benzene rings is 2. The Morgan fingerprint density at radius 3 is 2.29 bits per heavy atom. The van der Waals surface area contributed by atoms with E-state index < -0.39 is 0 Å². The summed E-state index contributed by atoms with van der Waals surface area (Å²) in [7, 11) is 3.36. The van der Waals surface area contributed by atoms with Crippen molar-refractivity contribution in [1.29, 1.82) is 0 Å². The monoisotopic (exact) mass is 380 g/mol. The number of ether oxygens (including phenoxy) is 2. The molecule has 0 aliphatic carbocycles. The zero-order valence-electron chi connectivity index (χ0n) is 17.2. The minimum absolute atomic E-state index is 0.00445. The van der Waals surface area contributed by atoms with Gasteiger partial charge in [-0.05, 0) is 44.5 Å². The summed E-state index contributed by atoms with van der Waals surface area (Å²) in [5, 5.41) is 4.18. The number of hydrogen-bond acceptors (Lipinski definition) is 5. The highest BCUT2D eigenvalue weighted by molar-refractivity contribution is 5.41. The molecule has 0 bridgehead atoms. The Bertz CT molecular complexity index is 884. The third-order valence-corrected chi connectivity index (χ3v) is 4.80. The minimum atomic E-state index is -0.00445. The van der Waals surface area contributed by atoms with Gasteiger partial charge in [-0.1, -0.05) is 18.2 Å². The van der Waals surface area contributed by atoms with Crippen LogP contribution < -0.4 is 9.47 Å². The van der Waals surface area contributed by atoms with E-state index in [-0.39, 0.29) is 5.54 Å². The smallest absolute Gasteiger partial charge is 0.138 e. The van der Waals surface area contributed by atoms with Crippen LogP contribution in [0.25, 0.3) is 5.69 Å². The number of hydrogen-bond donors (Lipinski definition) is 0. The van der Waals surface area contributed by atoms with Gasteiger partial charge < -0.3 is 9.47 Å². The van der Waals surface area contributed by atoms with Gasteiger partial charge in [0.2, 0.25) is 0 Å². The summed E-state index contributed by atoms with van der Waals surface area (Å²) in [5.74, 6) is 1.64. The van der Waals surface area contributed by atoms with Gasteiger partial charge in [0.15, 0.2) is 0 Å². The van der Waals surface area contributed by atoms with Crippen molar-refractivity contribution in [1.82, 2.24) is 19.7 Å². The summed E-state index contributed by atoms with van der Waals surface area (Å²) >= 11 is 0. The first kappa shape index (κ1) is 19.9. The summed E-state index contributed by atoms with van der Waals surface area (Å²) in [4.78, 5) is 6.43. The van der Waals surface area contributed by atoms with Crippen molar-refractivity contribution in [2.24, 2.45) is 0 Å². The molecule has 148 valence electrons. The molecule has 0 aliphatic rings. The molecule has 0 fully saturated rings. The van der Waals surface area contributed by atoms with Crippen molar-refractivity contribution in [2.45, 2.75) is 39.4 Å². The number of rotatable bonds is 7. The lowest BCUT2D eigenvalue weighted by atomic mass is 10.0. The Labute approximate surface area is 166 Å². The Balaban J connectivity index is 1.80. The Kier molecular flexibility index (Phi) is 5.99. The molecule has 3 rings (SSSR count). The highest BCUT2D eigenvalue weighted by Crippen LogP contribution is 2.29. The van der Waals surface area contributed by atoms with Crippen molar-refractivity contribution in [3.05, 3.63) is 66.2 Å². The van der Waals surface area contributed by atoms with Crippen LogP contribution in [0.3, 0.4) is 0 Å². The number of methoxy groups -OCH3 is 2. The Morgan fingerprint density at radius 2 is 1.71 bits per heavy atom. The first-order valence-corrected chi connectivity index (χ1v) is 9.30. The van der Waals surface area contributed by atoms with E-state index in [1.54, 1.807) is 25.2 Å². The summed E-state index contributed by atoms with van der Waals surface area (Å²) in [6.45, 7) is 8.30. The molecule has 0 amide bonds. The normalized spacial score (nSPS) is 11.6. The summed E-state index contributed by atoms with van der Waals surface area (Å²) in [6.07, 6.45) is 3.24. The maximum Gasteiger partial charge on any atom is 0.138 e. The first-order chi connectivity index (χ1) is 13.4. The zero-order valence-corrected chi connectivity index (χ0v) is 17.2. The molecule has 0 spiro atoms. The van der Waals surface area contributed by atoms with E-state index in [2.05, 4.69) is 66.1 Å². The van der Waals surface area contributed by atoms with Crippen LogP contribution >= 0.6 is 0 Å². The summed E-state index contributed by atoms with van der Waals surface area (Å²) in [6, 6.07) is 14.4. The fraction of sp³-hybridized carbons (Fsp3) is 0.364. The van der Waals surface area contributed by atoms with Crippen molar-refractivity contribution < 1.29 is 9.47 Å². The van der Waals surface area contributed by atoms with Gasteiger partial charge in [0.1, 0.15) is 24.2 Å². The molecule has 2 aromatic carbocycles. The third kappa shape index (κ3) is 4.70. The predicted molar refractivity (Wildman–Crippen MR) is 110 cm³/mol. The lowest BCUT2D eigenvalue weighted by Gasteiger charge is -2.36. The number of aromatic nitrogens is 3. The first-order valence-electron chi connectivity index (χ1n) is 9.30. The molecule has 0 saturated heterocycles. The molecule has 28 heavy (non-hydrogen) atoms. The highest BCUT2D eigenvalue weighted by atomic mass is 16.5. The Morgan fingerprint density at radius 1 is 0.964 bits per heavy atom. The topological polar surface area (TPSA) is 52.4 Å². The quantitative estimate of drug-likeness (QED) is 0.618. The van der Waals surface area contributed by atoms with Crippen LogP contribution in [0.5, 0.6) is 11.5 Å². The standard InChI is InChI=1S/C22H28N4O2/c1-22(2,3)25(14-18-8-11-20(27-4)12-21(18)28-5)13-17-6-9-19(10-7-17)26-16-23-15-24-26/h6-12,15-16H,13-14H2,1-5H3. The van der Waals surface area contributed by atoms with Gasteiger partial charge in [-0.15, -0.1) is 0 Å². The fourth-order valence-electron chi connectivity index (χ4n) is 3.03. The van der Waals surface area contributed by atoms with Gasteiger partial charge in [0.25, 0.3) is 0 Å². The minimum Gasteiger partial charge on any atom is -0.497 e. The molecule has 6 nitrogen and oxygen atoms in total. The van der Waals surface area contributed by atoms with Crippen LogP contribution in [0.1, 0.15) is 31.9 Å². The van der Waals surface area contributed by atoms with E-state index in [4.69, 9.17) is 9.47 Å². The molecular formula is C22H28N4O2. The molecule has 6 heteroatoms. The van der Waals surface area contributed by atoms with E-state index >= 15 is 0 Å².